The Hall–Kier alpha value is -1.84. The summed E-state index contributed by atoms with van der Waals surface area (Å²) in [5.74, 6) is -0.136. The average Bonchev–Trinajstić information content (AvgIpc) is 2.44. The van der Waals surface area contributed by atoms with E-state index in [4.69, 9.17) is 0 Å². The Kier molecular flexibility index (Phi) is 2.90. The molecule has 1 aliphatic heterocycles. The van der Waals surface area contributed by atoms with Crippen LogP contribution < -0.4 is 5.32 Å². The Bertz CT molecular complexity index is 403. The first kappa shape index (κ1) is 10.7. The van der Waals surface area contributed by atoms with Crippen molar-refractivity contribution in [3.05, 3.63) is 35.9 Å². The monoisotopic (exact) mass is 218 g/mol. The van der Waals surface area contributed by atoms with Crippen molar-refractivity contribution in [3.8, 4) is 0 Å². The van der Waals surface area contributed by atoms with Gasteiger partial charge in [0.15, 0.2) is 0 Å². The van der Waals surface area contributed by atoms with Crippen LogP contribution in [0.5, 0.6) is 0 Å². The molecule has 4 nitrogen and oxygen atoms in total. The SMILES string of the molecule is CN1CCC(=O)NC(c2ccccc2)C1=O. The van der Waals surface area contributed by atoms with Gasteiger partial charge >= 0.3 is 0 Å². The summed E-state index contributed by atoms with van der Waals surface area (Å²) in [6.07, 6.45) is 0.367. The highest BCUT2D eigenvalue weighted by molar-refractivity contribution is 5.90. The number of rotatable bonds is 1. The minimum absolute atomic E-state index is 0.0583. The summed E-state index contributed by atoms with van der Waals surface area (Å²) >= 11 is 0. The van der Waals surface area contributed by atoms with Gasteiger partial charge in [0, 0.05) is 20.0 Å². The first-order valence-corrected chi connectivity index (χ1v) is 5.28. The number of benzene rings is 1. The van der Waals surface area contributed by atoms with Crippen molar-refractivity contribution in [1.82, 2.24) is 10.2 Å². The first-order chi connectivity index (χ1) is 7.68. The fraction of sp³-hybridized carbons (Fsp3) is 0.333. The quantitative estimate of drug-likeness (QED) is 0.754. The van der Waals surface area contributed by atoms with Crippen LogP contribution in [0.15, 0.2) is 30.3 Å². The molecule has 1 aromatic carbocycles. The lowest BCUT2D eigenvalue weighted by Crippen LogP contribution is -2.36. The van der Waals surface area contributed by atoms with Crippen LogP contribution in [-0.2, 0) is 9.59 Å². The van der Waals surface area contributed by atoms with Crippen LogP contribution in [0.2, 0.25) is 0 Å². The maximum atomic E-state index is 12.0. The molecule has 0 aliphatic carbocycles. The molecule has 1 aromatic rings. The molecule has 0 spiro atoms. The molecule has 16 heavy (non-hydrogen) atoms. The molecule has 84 valence electrons. The van der Waals surface area contributed by atoms with E-state index >= 15 is 0 Å². The summed E-state index contributed by atoms with van der Waals surface area (Å²) in [5, 5.41) is 2.75. The van der Waals surface area contributed by atoms with E-state index in [1.54, 1.807) is 11.9 Å². The smallest absolute Gasteiger partial charge is 0.249 e. The van der Waals surface area contributed by atoms with Crippen LogP contribution >= 0.6 is 0 Å². The molecular formula is C12H14N2O2. The molecule has 1 unspecified atom stereocenters. The predicted molar refractivity (Wildman–Crippen MR) is 59.6 cm³/mol. The Morgan fingerprint density at radius 2 is 1.94 bits per heavy atom. The molecule has 2 rings (SSSR count). The molecule has 1 aliphatic rings. The molecule has 0 radical (unpaired) electrons. The second-order valence-electron chi connectivity index (χ2n) is 3.92. The molecular weight excluding hydrogens is 204 g/mol. The van der Waals surface area contributed by atoms with Crippen molar-refractivity contribution >= 4 is 11.8 Å². The lowest BCUT2D eigenvalue weighted by molar-refractivity contribution is -0.132. The van der Waals surface area contributed by atoms with Crippen LogP contribution in [0.4, 0.5) is 0 Å². The number of nitrogens with one attached hydrogen (secondary N) is 1. The second-order valence-corrected chi connectivity index (χ2v) is 3.92. The Morgan fingerprint density at radius 1 is 1.25 bits per heavy atom. The van der Waals surface area contributed by atoms with Gasteiger partial charge in [-0.05, 0) is 5.56 Å². The van der Waals surface area contributed by atoms with Gasteiger partial charge in [0.2, 0.25) is 11.8 Å². The van der Waals surface area contributed by atoms with Gasteiger partial charge in [0.1, 0.15) is 6.04 Å². The van der Waals surface area contributed by atoms with Crippen molar-refractivity contribution in [1.29, 1.82) is 0 Å². The highest BCUT2D eigenvalue weighted by atomic mass is 16.2. The Morgan fingerprint density at radius 3 is 2.62 bits per heavy atom. The van der Waals surface area contributed by atoms with Gasteiger partial charge in [0.25, 0.3) is 0 Å². The van der Waals surface area contributed by atoms with Crippen LogP contribution in [0.1, 0.15) is 18.0 Å². The van der Waals surface area contributed by atoms with Crippen LogP contribution in [0.3, 0.4) is 0 Å². The maximum Gasteiger partial charge on any atom is 0.249 e. The number of hydrogen-bond acceptors (Lipinski definition) is 2. The van der Waals surface area contributed by atoms with Gasteiger partial charge in [-0.15, -0.1) is 0 Å². The summed E-state index contributed by atoms with van der Waals surface area (Å²) in [7, 11) is 1.72. The van der Waals surface area contributed by atoms with E-state index in [9.17, 15) is 9.59 Å². The number of carbonyl (C=O) groups is 2. The molecule has 1 fully saturated rings. The van der Waals surface area contributed by atoms with Crippen LogP contribution in [-0.4, -0.2) is 30.3 Å². The number of nitrogens with zero attached hydrogens (tertiary/aromatic N) is 1. The summed E-state index contributed by atoms with van der Waals surface area (Å²) in [5.41, 5.74) is 0.828. The molecule has 1 heterocycles. The highest BCUT2D eigenvalue weighted by Crippen LogP contribution is 2.17. The van der Waals surface area contributed by atoms with Crippen LogP contribution in [0.25, 0.3) is 0 Å². The molecule has 4 heteroatoms. The first-order valence-electron chi connectivity index (χ1n) is 5.28. The minimum atomic E-state index is -0.541. The fourth-order valence-electron chi connectivity index (χ4n) is 1.77. The van der Waals surface area contributed by atoms with Gasteiger partial charge < -0.3 is 10.2 Å². The van der Waals surface area contributed by atoms with Crippen LogP contribution in [0, 0.1) is 0 Å². The third-order valence-corrected chi connectivity index (χ3v) is 2.74. The zero-order valence-electron chi connectivity index (χ0n) is 9.14. The summed E-state index contributed by atoms with van der Waals surface area (Å²) in [6, 6.07) is 8.76. The van der Waals surface area contributed by atoms with Gasteiger partial charge in [-0.3, -0.25) is 9.59 Å². The zero-order valence-corrected chi connectivity index (χ0v) is 9.14. The molecule has 1 N–H and O–H groups in total. The topological polar surface area (TPSA) is 49.4 Å². The lowest BCUT2D eigenvalue weighted by atomic mass is 10.1. The largest absolute Gasteiger partial charge is 0.343 e. The minimum Gasteiger partial charge on any atom is -0.343 e. The summed E-state index contributed by atoms with van der Waals surface area (Å²) in [6.45, 7) is 0.480. The summed E-state index contributed by atoms with van der Waals surface area (Å²) in [4.78, 5) is 25.1. The lowest BCUT2D eigenvalue weighted by Gasteiger charge is -2.19. The second kappa shape index (κ2) is 4.35. The van der Waals surface area contributed by atoms with E-state index in [0.29, 0.717) is 13.0 Å². The molecule has 0 aromatic heterocycles. The fourth-order valence-corrected chi connectivity index (χ4v) is 1.77. The summed E-state index contributed by atoms with van der Waals surface area (Å²) < 4.78 is 0. The van der Waals surface area contributed by atoms with Gasteiger partial charge in [-0.25, -0.2) is 0 Å². The van der Waals surface area contributed by atoms with E-state index in [2.05, 4.69) is 5.32 Å². The van der Waals surface area contributed by atoms with E-state index in [-0.39, 0.29) is 11.8 Å². The Balaban J connectivity index is 2.30. The van der Waals surface area contributed by atoms with E-state index in [1.807, 2.05) is 30.3 Å². The molecule has 1 atom stereocenters. The number of carbonyl (C=O) groups excluding carboxylic acids is 2. The average molecular weight is 218 g/mol. The van der Waals surface area contributed by atoms with Crippen molar-refractivity contribution in [2.75, 3.05) is 13.6 Å². The number of likely N-dealkylation sites (N-methyl/N-ethyl adjacent to an activating group) is 1. The highest BCUT2D eigenvalue weighted by Gasteiger charge is 2.28. The van der Waals surface area contributed by atoms with E-state index < -0.39 is 6.04 Å². The maximum absolute atomic E-state index is 12.0. The molecule has 1 saturated heterocycles. The normalized spacial score (nSPS) is 21.6. The number of amides is 2. The van der Waals surface area contributed by atoms with Crippen molar-refractivity contribution < 1.29 is 9.59 Å². The predicted octanol–water partition coefficient (Wildman–Crippen LogP) is 0.706. The van der Waals surface area contributed by atoms with Crippen molar-refractivity contribution in [3.63, 3.8) is 0 Å². The van der Waals surface area contributed by atoms with Crippen molar-refractivity contribution in [2.45, 2.75) is 12.5 Å². The molecule has 0 saturated carbocycles. The number of hydrogen-bond donors (Lipinski definition) is 1. The van der Waals surface area contributed by atoms with Gasteiger partial charge in [0.05, 0.1) is 0 Å². The van der Waals surface area contributed by atoms with Crippen molar-refractivity contribution in [2.24, 2.45) is 0 Å². The zero-order chi connectivity index (χ0) is 11.5. The van der Waals surface area contributed by atoms with Gasteiger partial charge in [-0.2, -0.15) is 0 Å². The standard InChI is InChI=1S/C12H14N2O2/c1-14-8-7-10(15)13-11(12(14)16)9-5-3-2-4-6-9/h2-6,11H,7-8H2,1H3,(H,13,15). The van der Waals surface area contributed by atoms with Gasteiger partial charge in [-0.1, -0.05) is 30.3 Å². The molecule has 2 amide bonds. The van der Waals surface area contributed by atoms with E-state index in [1.165, 1.54) is 0 Å². The van der Waals surface area contributed by atoms with E-state index in [0.717, 1.165) is 5.56 Å². The molecule has 0 bridgehead atoms. The third kappa shape index (κ3) is 2.05. The third-order valence-electron chi connectivity index (χ3n) is 2.74. The Labute approximate surface area is 94.2 Å².